The fourth-order valence-corrected chi connectivity index (χ4v) is 1.02. The van der Waals surface area contributed by atoms with E-state index in [1.165, 1.54) is 12.2 Å². The van der Waals surface area contributed by atoms with Gasteiger partial charge in [0, 0.05) is 12.2 Å². The number of carbonyl (C=O) groups is 2. The zero-order valence-corrected chi connectivity index (χ0v) is 9.03. The van der Waals surface area contributed by atoms with Crippen molar-refractivity contribution >= 4 is 34.9 Å². The molecule has 1 aromatic rings. The highest BCUT2D eigenvalue weighted by atomic mass is 32.1. The summed E-state index contributed by atoms with van der Waals surface area (Å²) >= 11 is 4.42. The number of aliphatic imine (C=N–C) groups is 1. The van der Waals surface area contributed by atoms with E-state index in [0.29, 0.717) is 0 Å². The Hall–Kier alpha value is -2.10. The average Bonchev–Trinajstić information content (AvgIpc) is 2.65. The molecule has 1 aliphatic rings. The highest BCUT2D eigenvalue weighted by molar-refractivity contribution is 7.78. The van der Waals surface area contributed by atoms with Crippen molar-refractivity contribution in [3.05, 3.63) is 42.5 Å². The van der Waals surface area contributed by atoms with Gasteiger partial charge in [-0.3, -0.25) is 14.9 Å². The van der Waals surface area contributed by atoms with Gasteiger partial charge in [-0.25, -0.2) is 0 Å². The fourth-order valence-electron chi connectivity index (χ4n) is 0.911. The Balaban J connectivity index is 0.000000165. The molecule has 1 aromatic carbocycles. The summed E-state index contributed by atoms with van der Waals surface area (Å²) in [6.07, 6.45) is 2.39. The van der Waals surface area contributed by atoms with E-state index < -0.39 is 0 Å². The second kappa shape index (κ2) is 6.40. The fraction of sp³-hybridized carbons (Fsp3) is 0. The van der Waals surface area contributed by atoms with Crippen LogP contribution in [0.2, 0.25) is 0 Å². The summed E-state index contributed by atoms with van der Waals surface area (Å²) in [7, 11) is 0. The van der Waals surface area contributed by atoms with Crippen LogP contribution in [-0.2, 0) is 9.59 Å². The minimum atomic E-state index is -0.329. The van der Waals surface area contributed by atoms with Crippen molar-refractivity contribution in [2.45, 2.75) is 0 Å². The van der Waals surface area contributed by atoms with Crippen LogP contribution in [0.4, 0.5) is 5.69 Å². The highest BCUT2D eigenvalue weighted by Gasteiger charge is 2.06. The smallest absolute Gasteiger partial charge is 0.250 e. The Morgan fingerprint density at radius 3 is 2.00 bits per heavy atom. The van der Waals surface area contributed by atoms with Gasteiger partial charge in [0.2, 0.25) is 0 Å². The highest BCUT2D eigenvalue weighted by Crippen LogP contribution is 2.07. The van der Waals surface area contributed by atoms with Crippen LogP contribution in [-0.4, -0.2) is 17.0 Å². The molecular formula is C11H8N2O2S. The van der Waals surface area contributed by atoms with E-state index in [9.17, 15) is 9.59 Å². The topological polar surface area (TPSA) is 58.5 Å². The molecule has 0 aliphatic carbocycles. The summed E-state index contributed by atoms with van der Waals surface area (Å²) in [5.74, 6) is -0.657. The lowest BCUT2D eigenvalue weighted by Crippen LogP contribution is -2.19. The molecule has 0 unspecified atom stereocenters. The van der Waals surface area contributed by atoms with Crippen LogP contribution in [0.1, 0.15) is 0 Å². The van der Waals surface area contributed by atoms with E-state index in [-0.39, 0.29) is 11.8 Å². The Labute approximate surface area is 97.7 Å². The summed E-state index contributed by atoms with van der Waals surface area (Å²) < 4.78 is 0. The molecule has 5 heteroatoms. The van der Waals surface area contributed by atoms with Crippen molar-refractivity contribution in [3.63, 3.8) is 0 Å². The molecule has 80 valence electrons. The molecular weight excluding hydrogens is 224 g/mol. The van der Waals surface area contributed by atoms with E-state index in [4.69, 9.17) is 0 Å². The van der Waals surface area contributed by atoms with Crippen LogP contribution < -0.4 is 5.32 Å². The summed E-state index contributed by atoms with van der Waals surface area (Å²) in [6, 6.07) is 9.50. The van der Waals surface area contributed by atoms with Crippen LogP contribution in [0.25, 0.3) is 0 Å². The van der Waals surface area contributed by atoms with Crippen LogP contribution in [0, 0.1) is 0 Å². The summed E-state index contributed by atoms with van der Waals surface area (Å²) in [5.41, 5.74) is 0.854. The average molecular weight is 232 g/mol. The third-order valence-corrected chi connectivity index (χ3v) is 1.65. The maximum atomic E-state index is 10.0. The van der Waals surface area contributed by atoms with Gasteiger partial charge in [0.15, 0.2) is 0 Å². The number of isothiocyanates is 1. The first-order valence-electron chi connectivity index (χ1n) is 4.38. The molecule has 1 heterocycles. The SMILES string of the molecule is O=C1C=CC(=O)N1.S=C=Nc1ccccc1. The monoisotopic (exact) mass is 232 g/mol. The number of rotatable bonds is 1. The van der Waals surface area contributed by atoms with Crippen molar-refractivity contribution in [2.75, 3.05) is 0 Å². The number of benzene rings is 1. The summed E-state index contributed by atoms with van der Waals surface area (Å²) in [4.78, 5) is 23.8. The van der Waals surface area contributed by atoms with Crippen molar-refractivity contribution in [1.82, 2.24) is 5.32 Å². The predicted molar refractivity (Wildman–Crippen MR) is 63.4 cm³/mol. The normalized spacial score (nSPS) is 12.2. The first-order chi connectivity index (χ1) is 7.72. The third-order valence-electron chi connectivity index (χ3n) is 1.56. The number of amides is 2. The number of nitrogens with zero attached hydrogens (tertiary/aromatic N) is 1. The number of para-hydroxylation sites is 1. The molecule has 0 aromatic heterocycles. The molecule has 2 amide bonds. The van der Waals surface area contributed by atoms with Gasteiger partial charge >= 0.3 is 0 Å². The van der Waals surface area contributed by atoms with Crippen molar-refractivity contribution in [2.24, 2.45) is 4.99 Å². The Kier molecular flexibility index (Phi) is 4.79. The van der Waals surface area contributed by atoms with E-state index in [2.05, 4.69) is 22.4 Å². The van der Waals surface area contributed by atoms with Crippen LogP contribution in [0.5, 0.6) is 0 Å². The Bertz CT molecular complexity index is 446. The number of hydrogen-bond acceptors (Lipinski definition) is 4. The molecule has 2 rings (SSSR count). The van der Waals surface area contributed by atoms with Crippen LogP contribution >= 0.6 is 12.2 Å². The molecule has 0 saturated heterocycles. The second-order valence-corrected chi connectivity index (χ2v) is 2.91. The van der Waals surface area contributed by atoms with Gasteiger partial charge in [-0.05, 0) is 24.4 Å². The largest absolute Gasteiger partial charge is 0.289 e. The molecule has 0 spiro atoms. The zero-order chi connectivity index (χ0) is 11.8. The lowest BCUT2D eigenvalue weighted by molar-refractivity contribution is -0.123. The van der Waals surface area contributed by atoms with Crippen molar-refractivity contribution < 1.29 is 9.59 Å². The summed E-state index contributed by atoms with van der Waals surface area (Å²) in [6.45, 7) is 0. The molecule has 1 N–H and O–H groups in total. The maximum Gasteiger partial charge on any atom is 0.250 e. The lowest BCUT2D eigenvalue weighted by Gasteiger charge is -1.83. The first kappa shape index (κ1) is 12.0. The minimum absolute atomic E-state index is 0.329. The van der Waals surface area contributed by atoms with E-state index in [1.807, 2.05) is 35.6 Å². The number of nitrogens with one attached hydrogen (secondary N) is 1. The van der Waals surface area contributed by atoms with Gasteiger partial charge in [0.05, 0.1) is 10.8 Å². The summed E-state index contributed by atoms with van der Waals surface area (Å²) in [5, 5.41) is 4.32. The maximum absolute atomic E-state index is 10.0. The van der Waals surface area contributed by atoms with E-state index in [1.54, 1.807) is 0 Å². The molecule has 16 heavy (non-hydrogen) atoms. The van der Waals surface area contributed by atoms with Gasteiger partial charge < -0.3 is 0 Å². The second-order valence-electron chi connectivity index (χ2n) is 2.73. The standard InChI is InChI=1S/C7H5NS.C4H3NO2/c9-6-8-7-4-2-1-3-5-7;6-3-1-2-4(7)5-3/h1-5H;1-2H,(H,5,6,7). The van der Waals surface area contributed by atoms with Gasteiger partial charge in [-0.2, -0.15) is 4.99 Å². The van der Waals surface area contributed by atoms with Gasteiger partial charge in [0.25, 0.3) is 11.8 Å². The molecule has 0 bridgehead atoms. The molecule has 0 atom stereocenters. The Morgan fingerprint density at radius 1 is 1.06 bits per heavy atom. The number of hydrogen-bond donors (Lipinski definition) is 1. The lowest BCUT2D eigenvalue weighted by atomic mass is 10.3. The minimum Gasteiger partial charge on any atom is -0.289 e. The van der Waals surface area contributed by atoms with E-state index >= 15 is 0 Å². The predicted octanol–water partition coefficient (Wildman–Crippen LogP) is 1.62. The van der Waals surface area contributed by atoms with Crippen molar-refractivity contribution in [3.8, 4) is 0 Å². The Morgan fingerprint density at radius 2 is 1.62 bits per heavy atom. The number of carbonyl (C=O) groups excluding carboxylic acids is 2. The number of imide groups is 1. The van der Waals surface area contributed by atoms with E-state index in [0.717, 1.165) is 5.69 Å². The third kappa shape index (κ3) is 4.41. The zero-order valence-electron chi connectivity index (χ0n) is 8.21. The van der Waals surface area contributed by atoms with Gasteiger partial charge in [-0.1, -0.05) is 18.2 Å². The first-order valence-corrected chi connectivity index (χ1v) is 4.79. The number of thiocarbonyl (C=S) groups is 1. The molecule has 0 saturated carbocycles. The molecule has 1 aliphatic heterocycles. The van der Waals surface area contributed by atoms with Crippen LogP contribution in [0.3, 0.4) is 0 Å². The molecule has 0 radical (unpaired) electrons. The molecule has 0 fully saturated rings. The van der Waals surface area contributed by atoms with Gasteiger partial charge in [-0.15, -0.1) is 0 Å². The quantitative estimate of drug-likeness (QED) is 0.454. The van der Waals surface area contributed by atoms with Crippen LogP contribution in [0.15, 0.2) is 47.5 Å². The van der Waals surface area contributed by atoms with Crippen molar-refractivity contribution in [1.29, 1.82) is 0 Å². The van der Waals surface area contributed by atoms with Gasteiger partial charge in [0.1, 0.15) is 0 Å². The molecule has 4 nitrogen and oxygen atoms in total.